The predicted molar refractivity (Wildman–Crippen MR) is 94.1 cm³/mol. The fraction of sp³-hybridized carbons (Fsp3) is 0.562. The molecular formula is C16H24N2O6S. The first-order valence-corrected chi connectivity index (χ1v) is 9.79. The number of carbonyl (C=O) groups is 1. The van der Waals surface area contributed by atoms with Crippen LogP contribution in [0.25, 0.3) is 0 Å². The van der Waals surface area contributed by atoms with Crippen molar-refractivity contribution in [3.8, 4) is 11.5 Å². The molecule has 0 atom stereocenters. The van der Waals surface area contributed by atoms with Gasteiger partial charge in [0.15, 0.2) is 11.5 Å². The number of sulfonamides is 1. The lowest BCUT2D eigenvalue weighted by molar-refractivity contribution is 0.0303. The van der Waals surface area contributed by atoms with Gasteiger partial charge in [0.1, 0.15) is 0 Å². The summed E-state index contributed by atoms with van der Waals surface area (Å²) in [5, 5.41) is 0. The highest BCUT2D eigenvalue weighted by atomic mass is 32.2. The molecule has 1 aromatic carbocycles. The molecule has 1 fully saturated rings. The number of morpholine rings is 1. The van der Waals surface area contributed by atoms with Crippen molar-refractivity contribution in [3.05, 3.63) is 17.7 Å². The summed E-state index contributed by atoms with van der Waals surface area (Å²) in [5.41, 5.74) is 0.533. The van der Waals surface area contributed by atoms with Gasteiger partial charge in [-0.2, -0.15) is 0 Å². The highest BCUT2D eigenvalue weighted by Crippen LogP contribution is 2.36. The van der Waals surface area contributed by atoms with Gasteiger partial charge in [0.25, 0.3) is 5.91 Å². The van der Waals surface area contributed by atoms with Crippen molar-refractivity contribution in [3.63, 3.8) is 0 Å². The van der Waals surface area contributed by atoms with Crippen LogP contribution >= 0.6 is 0 Å². The largest absolute Gasteiger partial charge is 0.493 e. The van der Waals surface area contributed by atoms with E-state index in [1.807, 2.05) is 0 Å². The Morgan fingerprint density at radius 2 is 1.76 bits per heavy atom. The van der Waals surface area contributed by atoms with Crippen LogP contribution in [0, 0.1) is 0 Å². The Morgan fingerprint density at radius 1 is 1.20 bits per heavy atom. The molecule has 0 saturated carbocycles. The van der Waals surface area contributed by atoms with E-state index in [1.165, 1.54) is 30.7 Å². The lowest BCUT2D eigenvalue weighted by Gasteiger charge is -2.30. The van der Waals surface area contributed by atoms with Gasteiger partial charge in [0.2, 0.25) is 10.0 Å². The van der Waals surface area contributed by atoms with Crippen LogP contribution in [0.2, 0.25) is 0 Å². The van der Waals surface area contributed by atoms with E-state index in [0.29, 0.717) is 37.8 Å². The van der Waals surface area contributed by atoms with Gasteiger partial charge in [0.05, 0.1) is 44.9 Å². The van der Waals surface area contributed by atoms with Gasteiger partial charge in [-0.25, -0.2) is 8.42 Å². The molecule has 1 aromatic rings. The zero-order valence-electron chi connectivity index (χ0n) is 14.9. The summed E-state index contributed by atoms with van der Waals surface area (Å²) in [6.07, 6.45) is 1.11. The highest BCUT2D eigenvalue weighted by molar-refractivity contribution is 7.92. The van der Waals surface area contributed by atoms with Crippen LogP contribution in [-0.2, 0) is 14.8 Å². The van der Waals surface area contributed by atoms with E-state index < -0.39 is 10.0 Å². The number of nitrogens with zero attached hydrogens (tertiary/aromatic N) is 2. The smallest absolute Gasteiger partial charge is 0.256 e. The van der Waals surface area contributed by atoms with E-state index in [1.54, 1.807) is 11.8 Å². The van der Waals surface area contributed by atoms with Crippen molar-refractivity contribution in [2.45, 2.75) is 6.92 Å². The third-order valence-electron chi connectivity index (χ3n) is 3.99. The molecular weight excluding hydrogens is 348 g/mol. The monoisotopic (exact) mass is 372 g/mol. The van der Waals surface area contributed by atoms with Crippen LogP contribution in [-0.4, -0.2) is 72.5 Å². The molecule has 0 N–H and O–H groups in total. The number of amides is 1. The number of carbonyl (C=O) groups excluding carboxylic acids is 1. The molecule has 25 heavy (non-hydrogen) atoms. The number of ether oxygens (including phenoxy) is 3. The molecule has 140 valence electrons. The minimum atomic E-state index is -3.56. The molecule has 0 aromatic heterocycles. The second-order valence-electron chi connectivity index (χ2n) is 5.56. The Labute approximate surface area is 148 Å². The zero-order chi connectivity index (χ0) is 18.6. The third kappa shape index (κ3) is 4.16. The summed E-state index contributed by atoms with van der Waals surface area (Å²) in [5.74, 6) is 0.465. The fourth-order valence-corrected chi connectivity index (χ4v) is 3.74. The lowest BCUT2D eigenvalue weighted by Crippen LogP contribution is -2.41. The van der Waals surface area contributed by atoms with Crippen molar-refractivity contribution < 1.29 is 27.4 Å². The second-order valence-corrected chi connectivity index (χ2v) is 7.46. The Morgan fingerprint density at radius 3 is 2.24 bits per heavy atom. The fourth-order valence-electron chi connectivity index (χ4n) is 2.77. The summed E-state index contributed by atoms with van der Waals surface area (Å²) in [7, 11) is -0.631. The van der Waals surface area contributed by atoms with E-state index in [4.69, 9.17) is 14.2 Å². The van der Waals surface area contributed by atoms with E-state index in [2.05, 4.69) is 0 Å². The number of anilines is 1. The SMILES string of the molecule is CCN(c1cc(OC)c(OC)cc1C(=O)N1CCOCC1)S(C)(=O)=O. The average molecular weight is 372 g/mol. The van der Waals surface area contributed by atoms with Gasteiger partial charge in [0, 0.05) is 25.7 Å². The normalized spacial score (nSPS) is 15.0. The minimum absolute atomic E-state index is 0.192. The Hall–Kier alpha value is -2.00. The third-order valence-corrected chi connectivity index (χ3v) is 5.24. The summed E-state index contributed by atoms with van der Waals surface area (Å²) < 4.78 is 41.4. The van der Waals surface area contributed by atoms with Crippen LogP contribution in [0.15, 0.2) is 12.1 Å². The molecule has 1 aliphatic rings. The molecule has 0 aliphatic carbocycles. The highest BCUT2D eigenvalue weighted by Gasteiger charge is 2.28. The van der Waals surface area contributed by atoms with Crippen LogP contribution in [0.1, 0.15) is 17.3 Å². The Bertz CT molecular complexity index is 728. The maximum atomic E-state index is 13.0. The molecule has 8 nitrogen and oxygen atoms in total. The zero-order valence-corrected chi connectivity index (χ0v) is 15.8. The summed E-state index contributed by atoms with van der Waals surface area (Å²) in [4.78, 5) is 14.6. The molecule has 2 rings (SSSR count). The van der Waals surface area contributed by atoms with Crippen molar-refractivity contribution in [1.29, 1.82) is 0 Å². The number of benzene rings is 1. The maximum Gasteiger partial charge on any atom is 0.256 e. The van der Waals surface area contributed by atoms with Gasteiger partial charge in [-0.3, -0.25) is 9.10 Å². The Balaban J connectivity index is 2.60. The van der Waals surface area contributed by atoms with E-state index >= 15 is 0 Å². The van der Waals surface area contributed by atoms with E-state index in [9.17, 15) is 13.2 Å². The molecule has 1 saturated heterocycles. The molecule has 0 radical (unpaired) electrons. The molecule has 9 heteroatoms. The van der Waals surface area contributed by atoms with Crippen molar-refractivity contribution in [1.82, 2.24) is 4.90 Å². The minimum Gasteiger partial charge on any atom is -0.493 e. The number of methoxy groups -OCH3 is 2. The molecule has 0 bridgehead atoms. The first kappa shape index (κ1) is 19.3. The lowest BCUT2D eigenvalue weighted by atomic mass is 10.1. The average Bonchev–Trinajstić information content (AvgIpc) is 2.60. The summed E-state index contributed by atoms with van der Waals surface area (Å²) in [6.45, 7) is 3.73. The van der Waals surface area contributed by atoms with Gasteiger partial charge < -0.3 is 19.1 Å². The molecule has 1 amide bonds. The Kier molecular flexibility index (Phi) is 6.12. The molecule has 1 aliphatic heterocycles. The second kappa shape index (κ2) is 7.92. The van der Waals surface area contributed by atoms with Gasteiger partial charge in [-0.05, 0) is 13.0 Å². The van der Waals surface area contributed by atoms with Crippen molar-refractivity contribution in [2.75, 3.05) is 57.6 Å². The van der Waals surface area contributed by atoms with Crippen LogP contribution < -0.4 is 13.8 Å². The van der Waals surface area contributed by atoms with Gasteiger partial charge in [-0.1, -0.05) is 0 Å². The molecule has 0 unspecified atom stereocenters. The van der Waals surface area contributed by atoms with Crippen molar-refractivity contribution in [2.24, 2.45) is 0 Å². The number of hydrogen-bond donors (Lipinski definition) is 0. The van der Waals surface area contributed by atoms with Crippen LogP contribution in [0.3, 0.4) is 0 Å². The molecule has 1 heterocycles. The summed E-state index contributed by atoms with van der Waals surface area (Å²) in [6, 6.07) is 3.05. The van der Waals surface area contributed by atoms with E-state index in [-0.39, 0.29) is 23.7 Å². The van der Waals surface area contributed by atoms with Gasteiger partial charge >= 0.3 is 0 Å². The topological polar surface area (TPSA) is 85.4 Å². The summed E-state index contributed by atoms with van der Waals surface area (Å²) >= 11 is 0. The quantitative estimate of drug-likeness (QED) is 0.739. The van der Waals surface area contributed by atoms with E-state index in [0.717, 1.165) is 6.26 Å². The predicted octanol–water partition coefficient (Wildman–Crippen LogP) is 0.962. The van der Waals surface area contributed by atoms with Crippen LogP contribution in [0.5, 0.6) is 11.5 Å². The first-order valence-electron chi connectivity index (χ1n) is 7.94. The van der Waals surface area contributed by atoms with Crippen LogP contribution in [0.4, 0.5) is 5.69 Å². The number of hydrogen-bond acceptors (Lipinski definition) is 6. The standard InChI is InChI=1S/C16H24N2O6S/c1-5-18(25(4,20)21)13-11-15(23-3)14(22-2)10-12(13)16(19)17-6-8-24-9-7-17/h10-11H,5-9H2,1-4H3. The first-order chi connectivity index (χ1) is 11.8. The van der Waals surface area contributed by atoms with Crippen molar-refractivity contribution >= 4 is 21.6 Å². The van der Waals surface area contributed by atoms with Gasteiger partial charge in [-0.15, -0.1) is 0 Å². The number of rotatable bonds is 6. The maximum absolute atomic E-state index is 13.0. The molecule has 0 spiro atoms.